The van der Waals surface area contributed by atoms with Gasteiger partial charge in [-0.1, -0.05) is 24.2 Å². The quantitative estimate of drug-likeness (QED) is 0.836. The van der Waals surface area contributed by atoms with Crippen molar-refractivity contribution in [2.24, 2.45) is 0 Å². The van der Waals surface area contributed by atoms with Gasteiger partial charge in [0.15, 0.2) is 5.82 Å². The smallest absolute Gasteiger partial charge is 0.336 e. The lowest BCUT2D eigenvalue weighted by molar-refractivity contribution is 0.0693. The van der Waals surface area contributed by atoms with E-state index in [1.807, 2.05) is 6.92 Å². The Morgan fingerprint density at radius 2 is 2.22 bits per heavy atom. The van der Waals surface area contributed by atoms with E-state index in [-0.39, 0.29) is 5.56 Å². The van der Waals surface area contributed by atoms with Gasteiger partial charge in [0.1, 0.15) is 0 Å². The highest BCUT2D eigenvalue weighted by atomic mass is 32.2. The summed E-state index contributed by atoms with van der Waals surface area (Å²) in [6.07, 6.45) is 0.722. The molecule has 0 spiro atoms. The van der Waals surface area contributed by atoms with Crippen molar-refractivity contribution in [3.05, 3.63) is 41.5 Å². The van der Waals surface area contributed by atoms with E-state index in [2.05, 4.69) is 10.1 Å². The van der Waals surface area contributed by atoms with Crippen LogP contribution in [-0.4, -0.2) is 21.2 Å². The fraction of sp³-hybridized carbons (Fsp3) is 0.250. The van der Waals surface area contributed by atoms with Crippen molar-refractivity contribution in [2.75, 3.05) is 0 Å². The molecule has 0 aliphatic rings. The van der Waals surface area contributed by atoms with E-state index in [0.29, 0.717) is 22.4 Å². The first-order chi connectivity index (χ1) is 8.70. The summed E-state index contributed by atoms with van der Waals surface area (Å²) >= 11 is 1.38. The molecule has 2 rings (SSSR count). The Morgan fingerprint density at radius 3 is 2.89 bits per heavy atom. The zero-order valence-electron chi connectivity index (χ0n) is 9.79. The molecule has 0 fully saturated rings. The molecular weight excluding hydrogens is 252 g/mol. The average Bonchev–Trinajstić information content (AvgIpc) is 2.84. The fourth-order valence-corrected chi connectivity index (χ4v) is 2.28. The number of aryl methyl sites for hydroxylation is 1. The average molecular weight is 264 g/mol. The zero-order chi connectivity index (χ0) is 13.0. The standard InChI is InChI=1S/C12H12N2O3S/c1-2-10-13-11(17-14-10)7-18-9-6-4-3-5-8(9)12(15)16/h3-6H,2,7H2,1H3,(H,15,16). The van der Waals surface area contributed by atoms with Crippen LogP contribution in [-0.2, 0) is 12.2 Å². The van der Waals surface area contributed by atoms with Crippen molar-refractivity contribution in [3.63, 3.8) is 0 Å². The number of hydrogen-bond acceptors (Lipinski definition) is 5. The summed E-state index contributed by atoms with van der Waals surface area (Å²) < 4.78 is 5.05. The third kappa shape index (κ3) is 2.89. The van der Waals surface area contributed by atoms with Crippen molar-refractivity contribution < 1.29 is 14.4 Å². The van der Waals surface area contributed by atoms with Crippen LogP contribution in [0.25, 0.3) is 0 Å². The number of carboxylic acids is 1. The predicted molar refractivity (Wildman–Crippen MR) is 66.6 cm³/mol. The minimum absolute atomic E-state index is 0.290. The number of thioether (sulfide) groups is 1. The van der Waals surface area contributed by atoms with Gasteiger partial charge in [-0.05, 0) is 12.1 Å². The van der Waals surface area contributed by atoms with Crippen LogP contribution in [0.15, 0.2) is 33.7 Å². The highest BCUT2D eigenvalue weighted by Gasteiger charge is 2.11. The number of carbonyl (C=O) groups is 1. The molecule has 0 aliphatic heterocycles. The van der Waals surface area contributed by atoms with Gasteiger partial charge in [0.2, 0.25) is 5.89 Å². The molecule has 1 heterocycles. The molecule has 94 valence electrons. The molecule has 0 radical (unpaired) electrons. The summed E-state index contributed by atoms with van der Waals surface area (Å²) in [5.74, 6) is 0.712. The Bertz CT molecular complexity index is 554. The van der Waals surface area contributed by atoms with Gasteiger partial charge in [0.05, 0.1) is 11.3 Å². The molecule has 1 N–H and O–H groups in total. The summed E-state index contributed by atoms with van der Waals surface area (Å²) in [5.41, 5.74) is 0.290. The molecule has 18 heavy (non-hydrogen) atoms. The van der Waals surface area contributed by atoms with Gasteiger partial charge in [0.25, 0.3) is 0 Å². The van der Waals surface area contributed by atoms with Crippen LogP contribution in [0, 0.1) is 0 Å². The van der Waals surface area contributed by atoms with E-state index in [9.17, 15) is 4.79 Å². The summed E-state index contributed by atoms with van der Waals surface area (Å²) in [7, 11) is 0. The second-order valence-corrected chi connectivity index (χ2v) is 4.57. The number of aromatic nitrogens is 2. The van der Waals surface area contributed by atoms with E-state index in [1.165, 1.54) is 11.8 Å². The van der Waals surface area contributed by atoms with Gasteiger partial charge in [-0.25, -0.2) is 4.79 Å². The first kappa shape index (κ1) is 12.6. The van der Waals surface area contributed by atoms with E-state index < -0.39 is 5.97 Å². The number of carboxylic acid groups (broad SMARTS) is 1. The van der Waals surface area contributed by atoms with Crippen molar-refractivity contribution in [3.8, 4) is 0 Å². The maximum Gasteiger partial charge on any atom is 0.336 e. The van der Waals surface area contributed by atoms with Crippen LogP contribution in [0.3, 0.4) is 0 Å². The molecule has 5 nitrogen and oxygen atoms in total. The van der Waals surface area contributed by atoms with Crippen LogP contribution in [0.4, 0.5) is 0 Å². The highest BCUT2D eigenvalue weighted by molar-refractivity contribution is 7.98. The largest absolute Gasteiger partial charge is 0.478 e. The minimum atomic E-state index is -0.933. The van der Waals surface area contributed by atoms with Crippen LogP contribution < -0.4 is 0 Å². The van der Waals surface area contributed by atoms with Gasteiger partial charge in [-0.2, -0.15) is 4.98 Å². The number of nitrogens with zero attached hydrogens (tertiary/aromatic N) is 2. The number of benzene rings is 1. The van der Waals surface area contributed by atoms with Gasteiger partial charge in [-0.15, -0.1) is 11.8 Å². The molecule has 0 saturated heterocycles. The van der Waals surface area contributed by atoms with Crippen molar-refractivity contribution >= 4 is 17.7 Å². The molecule has 0 bridgehead atoms. The highest BCUT2D eigenvalue weighted by Crippen LogP contribution is 2.25. The van der Waals surface area contributed by atoms with Crippen LogP contribution >= 0.6 is 11.8 Å². The molecule has 0 unspecified atom stereocenters. The van der Waals surface area contributed by atoms with Gasteiger partial charge >= 0.3 is 5.97 Å². The van der Waals surface area contributed by atoms with Gasteiger partial charge < -0.3 is 9.63 Å². The Kier molecular flexibility index (Phi) is 3.99. The summed E-state index contributed by atoms with van der Waals surface area (Å²) in [5, 5.41) is 12.8. The Labute approximate surface area is 108 Å². The number of hydrogen-bond donors (Lipinski definition) is 1. The first-order valence-electron chi connectivity index (χ1n) is 5.47. The summed E-state index contributed by atoms with van der Waals surface area (Å²) in [6.45, 7) is 1.95. The lowest BCUT2D eigenvalue weighted by atomic mass is 10.2. The molecule has 1 aromatic carbocycles. The zero-order valence-corrected chi connectivity index (χ0v) is 10.6. The summed E-state index contributed by atoms with van der Waals surface area (Å²) in [4.78, 5) is 15.9. The minimum Gasteiger partial charge on any atom is -0.478 e. The van der Waals surface area contributed by atoms with Gasteiger partial charge in [-0.3, -0.25) is 0 Å². The number of rotatable bonds is 5. The van der Waals surface area contributed by atoms with Crippen LogP contribution in [0.2, 0.25) is 0 Å². The Morgan fingerprint density at radius 1 is 1.44 bits per heavy atom. The molecule has 2 aromatic rings. The second-order valence-electron chi connectivity index (χ2n) is 3.55. The molecule has 0 saturated carbocycles. The third-order valence-electron chi connectivity index (χ3n) is 2.29. The molecule has 0 aliphatic carbocycles. The number of aromatic carboxylic acids is 1. The van der Waals surface area contributed by atoms with E-state index in [4.69, 9.17) is 9.63 Å². The molecular formula is C12H12N2O3S. The maximum atomic E-state index is 11.0. The van der Waals surface area contributed by atoms with Crippen LogP contribution in [0.5, 0.6) is 0 Å². The van der Waals surface area contributed by atoms with Crippen molar-refractivity contribution in [1.82, 2.24) is 10.1 Å². The third-order valence-corrected chi connectivity index (χ3v) is 3.35. The maximum absolute atomic E-state index is 11.0. The lowest BCUT2D eigenvalue weighted by Crippen LogP contribution is -1.98. The van der Waals surface area contributed by atoms with Gasteiger partial charge in [0, 0.05) is 11.3 Å². The Balaban J connectivity index is 2.08. The van der Waals surface area contributed by atoms with E-state index in [1.54, 1.807) is 24.3 Å². The van der Waals surface area contributed by atoms with Crippen molar-refractivity contribution in [2.45, 2.75) is 24.0 Å². The molecule has 0 atom stereocenters. The summed E-state index contributed by atoms with van der Waals surface area (Å²) in [6, 6.07) is 6.86. The predicted octanol–water partition coefficient (Wildman–Crippen LogP) is 2.62. The Hall–Kier alpha value is -1.82. The molecule has 1 aromatic heterocycles. The van der Waals surface area contributed by atoms with Crippen molar-refractivity contribution in [1.29, 1.82) is 0 Å². The van der Waals surface area contributed by atoms with Crippen LogP contribution in [0.1, 0.15) is 29.0 Å². The second kappa shape index (κ2) is 5.68. The molecule has 0 amide bonds. The fourth-order valence-electron chi connectivity index (χ4n) is 1.40. The monoisotopic (exact) mass is 264 g/mol. The first-order valence-corrected chi connectivity index (χ1v) is 6.46. The normalized spacial score (nSPS) is 10.5. The SMILES string of the molecule is CCc1noc(CSc2ccccc2C(=O)O)n1. The topological polar surface area (TPSA) is 76.2 Å². The lowest BCUT2D eigenvalue weighted by Gasteiger charge is -2.02. The molecule has 6 heteroatoms. The van der Waals surface area contributed by atoms with E-state index >= 15 is 0 Å². The van der Waals surface area contributed by atoms with E-state index in [0.717, 1.165) is 6.42 Å².